The molecule has 0 unspecified atom stereocenters. The molecule has 0 aliphatic heterocycles. The fourth-order valence-corrected chi connectivity index (χ4v) is 1.65. The first-order chi connectivity index (χ1) is 8.63. The highest BCUT2D eigenvalue weighted by Gasteiger charge is 2.17. The number of nitrogens with one attached hydrogen (secondary N) is 1. The van der Waals surface area contributed by atoms with E-state index in [1.807, 2.05) is 36.4 Å². The van der Waals surface area contributed by atoms with Crippen molar-refractivity contribution in [2.24, 2.45) is 5.73 Å². The number of carbonyl (C=O) groups is 1. The van der Waals surface area contributed by atoms with Crippen LogP contribution in [0.1, 0.15) is 11.3 Å². The minimum atomic E-state index is -0.733. The third-order valence-electron chi connectivity index (χ3n) is 2.41. The van der Waals surface area contributed by atoms with Gasteiger partial charge in [-0.1, -0.05) is 18.2 Å². The van der Waals surface area contributed by atoms with Crippen molar-refractivity contribution in [1.29, 1.82) is 5.26 Å². The number of hydrogen-bond donors (Lipinski definition) is 2. The van der Waals surface area contributed by atoms with Crippen molar-refractivity contribution in [1.82, 2.24) is 9.78 Å². The molecule has 0 spiro atoms. The number of nitrogens with two attached hydrogens (primary N) is 1. The maximum atomic E-state index is 11.0. The Morgan fingerprint density at radius 3 is 2.67 bits per heavy atom. The maximum absolute atomic E-state index is 11.0. The molecular formula is C12H11N5O. The standard InChI is InChI=1S/C12H11N5O/c1-8-10(7-13)11(15-12(14)18)17(16-8)9-5-3-2-4-6-9/h2-6H,1H3,(H3,14,15,18). The molecular weight excluding hydrogens is 230 g/mol. The van der Waals surface area contributed by atoms with Gasteiger partial charge in [0.25, 0.3) is 0 Å². The Morgan fingerprint density at radius 1 is 1.44 bits per heavy atom. The highest BCUT2D eigenvalue weighted by Crippen LogP contribution is 2.22. The van der Waals surface area contributed by atoms with Crippen molar-refractivity contribution < 1.29 is 4.79 Å². The van der Waals surface area contributed by atoms with Crippen molar-refractivity contribution in [3.05, 3.63) is 41.6 Å². The van der Waals surface area contributed by atoms with Crippen LogP contribution < -0.4 is 11.1 Å². The van der Waals surface area contributed by atoms with Gasteiger partial charge in [0.15, 0.2) is 5.82 Å². The lowest BCUT2D eigenvalue weighted by Gasteiger charge is -2.07. The topological polar surface area (TPSA) is 96.7 Å². The number of carbonyl (C=O) groups excluding carboxylic acids is 1. The van der Waals surface area contributed by atoms with Gasteiger partial charge in [0.1, 0.15) is 11.6 Å². The van der Waals surface area contributed by atoms with Gasteiger partial charge in [0.05, 0.1) is 11.4 Å². The first-order valence-corrected chi connectivity index (χ1v) is 5.25. The van der Waals surface area contributed by atoms with Crippen LogP contribution in [0.4, 0.5) is 10.6 Å². The van der Waals surface area contributed by atoms with Crippen molar-refractivity contribution in [3.63, 3.8) is 0 Å². The van der Waals surface area contributed by atoms with Crippen LogP contribution in [0.15, 0.2) is 30.3 Å². The van der Waals surface area contributed by atoms with E-state index in [1.54, 1.807) is 6.92 Å². The van der Waals surface area contributed by atoms with Crippen LogP contribution in [0.25, 0.3) is 5.69 Å². The minimum Gasteiger partial charge on any atom is -0.351 e. The molecule has 6 heteroatoms. The Balaban J connectivity index is 2.61. The summed E-state index contributed by atoms with van der Waals surface area (Å²) in [7, 11) is 0. The molecule has 2 amide bonds. The van der Waals surface area contributed by atoms with E-state index in [0.717, 1.165) is 5.69 Å². The Morgan fingerprint density at radius 2 is 2.11 bits per heavy atom. The Labute approximate surface area is 104 Å². The van der Waals surface area contributed by atoms with Gasteiger partial charge in [-0.15, -0.1) is 0 Å². The van der Waals surface area contributed by atoms with Crippen molar-refractivity contribution >= 4 is 11.8 Å². The van der Waals surface area contributed by atoms with Crippen LogP contribution in [0.5, 0.6) is 0 Å². The van der Waals surface area contributed by atoms with Crippen LogP contribution in [-0.4, -0.2) is 15.8 Å². The predicted molar refractivity (Wildman–Crippen MR) is 66.2 cm³/mol. The van der Waals surface area contributed by atoms with Crippen LogP contribution in [0.2, 0.25) is 0 Å². The molecule has 0 atom stereocenters. The number of anilines is 1. The van der Waals surface area contributed by atoms with Gasteiger partial charge >= 0.3 is 6.03 Å². The Bertz CT molecular complexity index is 624. The molecule has 0 saturated heterocycles. The van der Waals surface area contributed by atoms with E-state index >= 15 is 0 Å². The lowest BCUT2D eigenvalue weighted by Crippen LogP contribution is -2.22. The monoisotopic (exact) mass is 241 g/mol. The van der Waals surface area contributed by atoms with Crippen LogP contribution in [0, 0.1) is 18.3 Å². The molecule has 0 aliphatic carbocycles. The largest absolute Gasteiger partial charge is 0.351 e. The molecule has 0 radical (unpaired) electrons. The Hall–Kier alpha value is -2.81. The normalized spacial score (nSPS) is 9.78. The SMILES string of the molecule is Cc1nn(-c2ccccc2)c(NC(N)=O)c1C#N. The number of benzene rings is 1. The number of nitriles is 1. The predicted octanol–water partition coefficient (Wildman–Crippen LogP) is 1.54. The molecule has 0 fully saturated rings. The summed E-state index contributed by atoms with van der Waals surface area (Å²) in [4.78, 5) is 11.0. The fraction of sp³-hybridized carbons (Fsp3) is 0.0833. The molecule has 6 nitrogen and oxygen atoms in total. The second-order valence-corrected chi connectivity index (χ2v) is 3.66. The summed E-state index contributed by atoms with van der Waals surface area (Å²) in [6.45, 7) is 1.70. The smallest absolute Gasteiger partial charge is 0.317 e. The highest BCUT2D eigenvalue weighted by atomic mass is 16.2. The summed E-state index contributed by atoms with van der Waals surface area (Å²) in [6, 6.07) is 10.5. The summed E-state index contributed by atoms with van der Waals surface area (Å²) in [6.07, 6.45) is 0. The zero-order valence-electron chi connectivity index (χ0n) is 9.71. The molecule has 1 aromatic heterocycles. The van der Waals surface area contributed by atoms with E-state index in [2.05, 4.69) is 10.4 Å². The van der Waals surface area contributed by atoms with Gasteiger partial charge in [-0.25, -0.2) is 9.48 Å². The molecule has 0 bridgehead atoms. The highest BCUT2D eigenvalue weighted by molar-refractivity contribution is 5.89. The van der Waals surface area contributed by atoms with Gasteiger partial charge in [-0.3, -0.25) is 5.32 Å². The summed E-state index contributed by atoms with van der Waals surface area (Å²) in [5.74, 6) is 0.286. The first kappa shape index (κ1) is 11.7. The molecule has 2 rings (SSSR count). The third-order valence-corrected chi connectivity index (χ3v) is 2.41. The Kier molecular flexibility index (Phi) is 2.98. The molecule has 1 heterocycles. The maximum Gasteiger partial charge on any atom is 0.317 e. The van der Waals surface area contributed by atoms with Crippen LogP contribution in [0.3, 0.4) is 0 Å². The number of amides is 2. The number of aromatic nitrogens is 2. The number of hydrogen-bond acceptors (Lipinski definition) is 3. The number of primary amides is 1. The molecule has 2 aromatic rings. The van der Waals surface area contributed by atoms with Crippen molar-refractivity contribution in [2.45, 2.75) is 6.92 Å². The van der Waals surface area contributed by atoms with Gasteiger partial charge in [-0.2, -0.15) is 10.4 Å². The average molecular weight is 241 g/mol. The molecule has 0 saturated carbocycles. The van der Waals surface area contributed by atoms with E-state index in [1.165, 1.54) is 4.68 Å². The number of rotatable bonds is 2. The van der Waals surface area contributed by atoms with E-state index < -0.39 is 6.03 Å². The zero-order valence-corrected chi connectivity index (χ0v) is 9.71. The first-order valence-electron chi connectivity index (χ1n) is 5.25. The lowest BCUT2D eigenvalue weighted by atomic mass is 10.2. The molecule has 90 valence electrons. The minimum absolute atomic E-state index is 0.286. The van der Waals surface area contributed by atoms with Gasteiger partial charge in [0.2, 0.25) is 0 Å². The van der Waals surface area contributed by atoms with Crippen LogP contribution in [-0.2, 0) is 0 Å². The summed E-state index contributed by atoms with van der Waals surface area (Å²) in [5.41, 5.74) is 6.68. The number of aryl methyl sites for hydroxylation is 1. The van der Waals surface area contributed by atoms with Crippen molar-refractivity contribution in [2.75, 3.05) is 5.32 Å². The number of urea groups is 1. The quantitative estimate of drug-likeness (QED) is 0.834. The molecule has 3 N–H and O–H groups in total. The third kappa shape index (κ3) is 2.01. The second-order valence-electron chi connectivity index (χ2n) is 3.66. The summed E-state index contributed by atoms with van der Waals surface area (Å²) >= 11 is 0. The number of nitrogens with zero attached hydrogens (tertiary/aromatic N) is 3. The number of para-hydroxylation sites is 1. The zero-order chi connectivity index (χ0) is 13.1. The summed E-state index contributed by atoms with van der Waals surface area (Å²) in [5, 5.41) is 15.7. The van der Waals surface area contributed by atoms with Gasteiger partial charge in [0, 0.05) is 0 Å². The van der Waals surface area contributed by atoms with E-state index in [0.29, 0.717) is 11.3 Å². The van der Waals surface area contributed by atoms with Crippen LogP contribution >= 0.6 is 0 Å². The molecule has 18 heavy (non-hydrogen) atoms. The van der Waals surface area contributed by atoms with E-state index in [4.69, 9.17) is 11.0 Å². The van der Waals surface area contributed by atoms with Gasteiger partial charge < -0.3 is 5.73 Å². The molecule has 1 aromatic carbocycles. The lowest BCUT2D eigenvalue weighted by molar-refractivity contribution is 0.259. The second kappa shape index (κ2) is 4.59. The summed E-state index contributed by atoms with van der Waals surface area (Å²) < 4.78 is 1.48. The fourth-order valence-electron chi connectivity index (χ4n) is 1.65. The average Bonchev–Trinajstić information content (AvgIpc) is 2.66. The van der Waals surface area contributed by atoms with Gasteiger partial charge in [-0.05, 0) is 19.1 Å². The van der Waals surface area contributed by atoms with E-state index in [-0.39, 0.29) is 5.82 Å². The van der Waals surface area contributed by atoms with E-state index in [9.17, 15) is 4.79 Å². The van der Waals surface area contributed by atoms with Crippen molar-refractivity contribution in [3.8, 4) is 11.8 Å². The molecule has 0 aliphatic rings.